The van der Waals surface area contributed by atoms with Gasteiger partial charge in [0, 0.05) is 25.2 Å². The molecule has 0 unspecified atom stereocenters. The number of nitrogens with zero attached hydrogens (tertiary/aromatic N) is 2. The maximum absolute atomic E-state index is 12.6. The lowest BCUT2D eigenvalue weighted by atomic mass is 9.85. The van der Waals surface area contributed by atoms with Crippen LogP contribution in [0, 0.1) is 0 Å². The average molecular weight is 345 g/mol. The third-order valence-electron chi connectivity index (χ3n) is 5.34. The minimum absolute atomic E-state index is 0.00133. The van der Waals surface area contributed by atoms with Gasteiger partial charge in [-0.2, -0.15) is 0 Å². The fourth-order valence-corrected chi connectivity index (χ4v) is 3.82. The van der Waals surface area contributed by atoms with Gasteiger partial charge < -0.3 is 15.3 Å². The molecule has 1 aromatic rings. The van der Waals surface area contributed by atoms with Gasteiger partial charge in [-0.1, -0.05) is 31.2 Å². The molecule has 1 aliphatic carbocycles. The number of amides is 2. The lowest BCUT2D eigenvalue weighted by Crippen LogP contribution is -2.56. The number of hydrogen-bond donors (Lipinski definition) is 2. The Morgan fingerprint density at radius 1 is 1.28 bits per heavy atom. The first-order valence-electron chi connectivity index (χ1n) is 9.15. The molecule has 1 saturated carbocycles. The summed E-state index contributed by atoms with van der Waals surface area (Å²) in [7, 11) is 0. The predicted molar refractivity (Wildman–Crippen MR) is 95.4 cm³/mol. The number of benzene rings is 1. The average Bonchev–Trinajstić information content (AvgIpc) is 2.78. The van der Waals surface area contributed by atoms with Gasteiger partial charge in [-0.25, -0.2) is 4.79 Å². The number of nitrogens with one attached hydrogen (secondary N) is 1. The molecule has 0 spiro atoms. The molecule has 1 heterocycles. The zero-order valence-electron chi connectivity index (χ0n) is 14.8. The van der Waals surface area contributed by atoms with Crippen molar-refractivity contribution in [3.63, 3.8) is 0 Å². The van der Waals surface area contributed by atoms with Crippen LogP contribution in [0.3, 0.4) is 0 Å². The summed E-state index contributed by atoms with van der Waals surface area (Å²) >= 11 is 0. The first-order chi connectivity index (χ1) is 12.1. The van der Waals surface area contributed by atoms with Crippen molar-refractivity contribution in [1.82, 2.24) is 15.1 Å². The molecular weight excluding hydrogens is 318 g/mol. The van der Waals surface area contributed by atoms with Crippen LogP contribution in [0.15, 0.2) is 24.3 Å². The highest BCUT2D eigenvalue weighted by molar-refractivity contribution is 5.75. The van der Waals surface area contributed by atoms with Crippen LogP contribution in [0.4, 0.5) is 4.79 Å². The van der Waals surface area contributed by atoms with Gasteiger partial charge in [0.05, 0.1) is 6.54 Å². The Hall–Kier alpha value is -2.08. The van der Waals surface area contributed by atoms with E-state index < -0.39 is 5.97 Å². The van der Waals surface area contributed by atoms with Crippen LogP contribution in [0.5, 0.6) is 0 Å². The van der Waals surface area contributed by atoms with Crippen LogP contribution in [0.1, 0.15) is 37.3 Å². The van der Waals surface area contributed by atoms with E-state index in [0.29, 0.717) is 6.54 Å². The van der Waals surface area contributed by atoms with Gasteiger partial charge in [-0.05, 0) is 43.4 Å². The van der Waals surface area contributed by atoms with Crippen molar-refractivity contribution in [1.29, 1.82) is 0 Å². The van der Waals surface area contributed by atoms with Crippen LogP contribution >= 0.6 is 0 Å². The summed E-state index contributed by atoms with van der Waals surface area (Å²) in [5.74, 6) is -0.794. The second kappa shape index (κ2) is 7.87. The maximum Gasteiger partial charge on any atom is 0.317 e. The Labute approximate surface area is 148 Å². The highest BCUT2D eigenvalue weighted by Crippen LogP contribution is 2.26. The second-order valence-electron chi connectivity index (χ2n) is 7.02. The zero-order chi connectivity index (χ0) is 17.8. The number of fused-ring (bicyclic) bond motifs is 1. The molecule has 1 fully saturated rings. The van der Waals surface area contributed by atoms with Crippen LogP contribution in [0.2, 0.25) is 0 Å². The zero-order valence-corrected chi connectivity index (χ0v) is 14.8. The lowest BCUT2D eigenvalue weighted by molar-refractivity contribution is -0.139. The van der Waals surface area contributed by atoms with Crippen molar-refractivity contribution in [2.24, 2.45) is 0 Å². The summed E-state index contributed by atoms with van der Waals surface area (Å²) in [6, 6.07) is 8.75. The maximum atomic E-state index is 12.6. The summed E-state index contributed by atoms with van der Waals surface area (Å²) in [5.41, 5.74) is 2.58. The van der Waals surface area contributed by atoms with Crippen molar-refractivity contribution < 1.29 is 14.7 Å². The number of carboxylic acid groups (broad SMARTS) is 1. The highest BCUT2D eigenvalue weighted by Gasteiger charge is 2.35. The topological polar surface area (TPSA) is 72.9 Å². The van der Waals surface area contributed by atoms with E-state index in [1.54, 1.807) is 0 Å². The van der Waals surface area contributed by atoms with E-state index in [0.717, 1.165) is 38.8 Å². The Balaban J connectivity index is 1.50. The van der Waals surface area contributed by atoms with Crippen molar-refractivity contribution in [2.75, 3.05) is 19.6 Å². The smallest absolute Gasteiger partial charge is 0.317 e. The van der Waals surface area contributed by atoms with Crippen LogP contribution in [-0.4, -0.2) is 58.6 Å². The Kier molecular flexibility index (Phi) is 5.58. The standard InChI is InChI=1S/C19H27N3O3/c1-2-21(13-18(23)24)17-10-16(11-17)20-19(25)22-9-5-8-14-6-3-4-7-15(14)12-22/h3-4,6-7,16-17H,2,5,8-13H2,1H3,(H,20,25)(H,23,24). The van der Waals surface area contributed by atoms with Gasteiger partial charge in [-0.15, -0.1) is 0 Å². The minimum atomic E-state index is -0.794. The summed E-state index contributed by atoms with van der Waals surface area (Å²) in [6.07, 6.45) is 3.67. The molecule has 136 valence electrons. The predicted octanol–water partition coefficient (Wildman–Crippen LogP) is 2.08. The van der Waals surface area contributed by atoms with Crippen molar-refractivity contribution in [3.8, 4) is 0 Å². The summed E-state index contributed by atoms with van der Waals surface area (Å²) in [6.45, 7) is 4.21. The molecule has 0 bridgehead atoms. The molecule has 6 nitrogen and oxygen atoms in total. The molecule has 0 radical (unpaired) electrons. The van der Waals surface area contributed by atoms with Gasteiger partial charge in [-0.3, -0.25) is 9.69 Å². The Morgan fingerprint density at radius 3 is 2.68 bits per heavy atom. The fourth-order valence-electron chi connectivity index (χ4n) is 3.82. The number of carbonyl (C=O) groups excluding carboxylic acids is 1. The molecule has 0 atom stereocenters. The summed E-state index contributed by atoms with van der Waals surface area (Å²) in [4.78, 5) is 27.4. The number of carbonyl (C=O) groups is 2. The van der Waals surface area contributed by atoms with E-state index in [1.807, 2.05) is 22.8 Å². The highest BCUT2D eigenvalue weighted by atomic mass is 16.4. The molecular formula is C19H27N3O3. The number of aryl methyl sites for hydroxylation is 1. The molecule has 1 aromatic carbocycles. The van der Waals surface area contributed by atoms with Crippen LogP contribution in [0.25, 0.3) is 0 Å². The minimum Gasteiger partial charge on any atom is -0.480 e. The molecule has 6 heteroatoms. The van der Waals surface area contributed by atoms with E-state index in [1.165, 1.54) is 11.1 Å². The number of hydrogen-bond acceptors (Lipinski definition) is 3. The molecule has 1 aliphatic heterocycles. The SMILES string of the molecule is CCN(CC(=O)O)C1CC(NC(=O)N2CCCc3ccccc3C2)C1. The third kappa shape index (κ3) is 4.31. The normalized spacial score (nSPS) is 22.7. The summed E-state index contributed by atoms with van der Waals surface area (Å²) < 4.78 is 0. The Bertz CT molecular complexity index is 628. The largest absolute Gasteiger partial charge is 0.480 e. The van der Waals surface area contributed by atoms with E-state index in [9.17, 15) is 9.59 Å². The molecule has 3 rings (SSSR count). The van der Waals surface area contributed by atoms with Crippen molar-refractivity contribution in [2.45, 2.75) is 51.2 Å². The fraction of sp³-hybridized carbons (Fsp3) is 0.579. The second-order valence-corrected chi connectivity index (χ2v) is 7.02. The van der Waals surface area contributed by atoms with E-state index in [2.05, 4.69) is 23.5 Å². The first-order valence-corrected chi connectivity index (χ1v) is 9.15. The van der Waals surface area contributed by atoms with Gasteiger partial charge in [0.2, 0.25) is 0 Å². The number of carboxylic acids is 1. The lowest BCUT2D eigenvalue weighted by Gasteiger charge is -2.42. The molecule has 2 N–H and O–H groups in total. The number of rotatable bonds is 5. The van der Waals surface area contributed by atoms with Crippen molar-refractivity contribution >= 4 is 12.0 Å². The van der Waals surface area contributed by atoms with Crippen LogP contribution in [-0.2, 0) is 17.8 Å². The summed E-state index contributed by atoms with van der Waals surface area (Å²) in [5, 5.41) is 12.1. The molecule has 25 heavy (non-hydrogen) atoms. The van der Waals surface area contributed by atoms with E-state index in [4.69, 9.17) is 5.11 Å². The van der Waals surface area contributed by atoms with E-state index in [-0.39, 0.29) is 24.7 Å². The third-order valence-corrected chi connectivity index (χ3v) is 5.34. The number of urea groups is 1. The molecule has 0 aromatic heterocycles. The van der Waals surface area contributed by atoms with Crippen LogP contribution < -0.4 is 5.32 Å². The molecule has 0 saturated heterocycles. The van der Waals surface area contributed by atoms with Gasteiger partial charge in [0.25, 0.3) is 0 Å². The quantitative estimate of drug-likeness (QED) is 0.857. The number of likely N-dealkylation sites (N-methyl/N-ethyl adjacent to an activating group) is 1. The van der Waals surface area contributed by atoms with Crippen molar-refractivity contribution in [3.05, 3.63) is 35.4 Å². The van der Waals surface area contributed by atoms with Gasteiger partial charge in [0.1, 0.15) is 0 Å². The Morgan fingerprint density at radius 2 is 2.00 bits per heavy atom. The molecule has 2 aliphatic rings. The number of aliphatic carboxylic acids is 1. The van der Waals surface area contributed by atoms with Gasteiger partial charge >= 0.3 is 12.0 Å². The molecule has 2 amide bonds. The first kappa shape index (κ1) is 17.7. The van der Waals surface area contributed by atoms with E-state index >= 15 is 0 Å². The van der Waals surface area contributed by atoms with Gasteiger partial charge in [0.15, 0.2) is 0 Å². The monoisotopic (exact) mass is 345 g/mol.